The van der Waals surface area contributed by atoms with Crippen molar-refractivity contribution in [2.75, 3.05) is 27.3 Å². The van der Waals surface area contributed by atoms with Gasteiger partial charge in [0.15, 0.2) is 0 Å². The molecule has 0 aromatic heterocycles. The van der Waals surface area contributed by atoms with Crippen LogP contribution in [0, 0.1) is 5.82 Å². The highest BCUT2D eigenvalue weighted by Crippen LogP contribution is 2.36. The molecule has 1 amide bonds. The lowest BCUT2D eigenvalue weighted by atomic mass is 9.97. The van der Waals surface area contributed by atoms with Gasteiger partial charge in [0.25, 0.3) is 5.91 Å². The van der Waals surface area contributed by atoms with Crippen molar-refractivity contribution in [2.45, 2.75) is 44.7 Å². The first-order valence-corrected chi connectivity index (χ1v) is 11.1. The lowest BCUT2D eigenvalue weighted by Crippen LogP contribution is -2.44. The fraction of sp³-hybridized carbons (Fsp3) is 0.440. The van der Waals surface area contributed by atoms with E-state index in [1.807, 2.05) is 18.2 Å². The quantitative estimate of drug-likeness (QED) is 0.670. The standard InChI is InChI=1S/C25H30FN3O3/c1-17-6-4-5-13-28(17)16-25(30)29-23(18-7-9-19(26)10-8-18)15-22(27-29)21-12-11-20(31-2)14-24(21)32-3/h7-12,14,17,23H,4-6,13,15-16H2,1-3H3/t17-,23+/m1/s1. The third kappa shape index (κ3) is 4.63. The summed E-state index contributed by atoms with van der Waals surface area (Å²) in [5, 5.41) is 6.33. The average Bonchev–Trinajstić information content (AvgIpc) is 3.26. The zero-order valence-corrected chi connectivity index (χ0v) is 18.9. The number of hydrazone groups is 1. The predicted molar refractivity (Wildman–Crippen MR) is 122 cm³/mol. The molecule has 0 spiro atoms. The molecule has 6 nitrogen and oxygen atoms in total. The molecule has 2 aliphatic heterocycles. The molecule has 1 saturated heterocycles. The van der Waals surface area contributed by atoms with Crippen molar-refractivity contribution < 1.29 is 18.7 Å². The van der Waals surface area contributed by atoms with E-state index in [-0.39, 0.29) is 17.8 Å². The van der Waals surface area contributed by atoms with E-state index in [9.17, 15) is 9.18 Å². The summed E-state index contributed by atoms with van der Waals surface area (Å²) in [4.78, 5) is 15.6. The molecule has 7 heteroatoms. The van der Waals surface area contributed by atoms with Crippen molar-refractivity contribution in [3.63, 3.8) is 0 Å². The molecule has 4 rings (SSSR count). The number of hydrogen-bond acceptors (Lipinski definition) is 5. The molecule has 1 fully saturated rings. The lowest BCUT2D eigenvalue weighted by Gasteiger charge is -2.34. The topological polar surface area (TPSA) is 54.4 Å². The first kappa shape index (κ1) is 22.3. The summed E-state index contributed by atoms with van der Waals surface area (Å²) in [7, 11) is 3.21. The third-order valence-corrected chi connectivity index (χ3v) is 6.42. The predicted octanol–water partition coefficient (Wildman–Crippen LogP) is 4.40. The first-order chi connectivity index (χ1) is 15.5. The van der Waals surface area contributed by atoms with Gasteiger partial charge in [-0.15, -0.1) is 0 Å². The zero-order valence-electron chi connectivity index (χ0n) is 18.9. The summed E-state index contributed by atoms with van der Waals surface area (Å²) in [6.45, 7) is 3.42. The van der Waals surface area contributed by atoms with Crippen LogP contribution < -0.4 is 9.47 Å². The Bertz CT molecular complexity index is 992. The Labute approximate surface area is 188 Å². The van der Waals surface area contributed by atoms with E-state index in [0.717, 1.165) is 36.2 Å². The number of piperidine rings is 1. The Hall–Kier alpha value is -2.93. The van der Waals surface area contributed by atoms with Crippen LogP contribution in [-0.4, -0.2) is 54.9 Å². The minimum atomic E-state index is -0.301. The molecule has 0 unspecified atom stereocenters. The Morgan fingerprint density at radius 2 is 1.91 bits per heavy atom. The molecule has 0 saturated carbocycles. The largest absolute Gasteiger partial charge is 0.497 e. The maximum Gasteiger partial charge on any atom is 0.257 e. The van der Waals surface area contributed by atoms with E-state index in [2.05, 4.69) is 11.8 Å². The number of carbonyl (C=O) groups excluding carboxylic acids is 1. The molecule has 170 valence electrons. The molecule has 0 bridgehead atoms. The second-order valence-corrected chi connectivity index (χ2v) is 8.44. The average molecular weight is 440 g/mol. The second kappa shape index (κ2) is 9.69. The van der Waals surface area contributed by atoms with Gasteiger partial charge in [0, 0.05) is 24.1 Å². The van der Waals surface area contributed by atoms with E-state index >= 15 is 0 Å². The highest BCUT2D eigenvalue weighted by molar-refractivity contribution is 6.05. The van der Waals surface area contributed by atoms with Gasteiger partial charge in [0.2, 0.25) is 0 Å². The fourth-order valence-corrected chi connectivity index (χ4v) is 4.52. The SMILES string of the molecule is COc1ccc(C2=NN(C(=O)CN3CCCC[C@H]3C)[C@H](c3ccc(F)cc3)C2)c(OC)c1. The number of benzene rings is 2. The van der Waals surface area contributed by atoms with E-state index in [0.29, 0.717) is 30.5 Å². The summed E-state index contributed by atoms with van der Waals surface area (Å²) in [6.07, 6.45) is 3.94. The van der Waals surface area contributed by atoms with Crippen LogP contribution in [0.3, 0.4) is 0 Å². The number of rotatable bonds is 6. The minimum absolute atomic E-state index is 0.0458. The van der Waals surface area contributed by atoms with Crippen LogP contribution in [0.15, 0.2) is 47.6 Å². The van der Waals surface area contributed by atoms with Gasteiger partial charge in [-0.05, 0) is 56.1 Å². The molecule has 0 N–H and O–H groups in total. The van der Waals surface area contributed by atoms with Gasteiger partial charge in [-0.25, -0.2) is 9.40 Å². The molecular formula is C25H30FN3O3. The van der Waals surface area contributed by atoms with Gasteiger partial charge in [0.1, 0.15) is 17.3 Å². The Kier molecular flexibility index (Phi) is 6.74. The van der Waals surface area contributed by atoms with Gasteiger partial charge in [-0.3, -0.25) is 9.69 Å². The number of ether oxygens (including phenoxy) is 2. The molecule has 2 atom stereocenters. The van der Waals surface area contributed by atoms with Crippen LogP contribution in [0.4, 0.5) is 4.39 Å². The summed E-state index contributed by atoms with van der Waals surface area (Å²) >= 11 is 0. The van der Waals surface area contributed by atoms with E-state index in [1.54, 1.807) is 31.4 Å². The highest BCUT2D eigenvalue weighted by atomic mass is 19.1. The number of methoxy groups -OCH3 is 2. The van der Waals surface area contributed by atoms with Crippen molar-refractivity contribution in [1.82, 2.24) is 9.91 Å². The second-order valence-electron chi connectivity index (χ2n) is 8.44. The Balaban J connectivity index is 1.65. The first-order valence-electron chi connectivity index (χ1n) is 11.1. The summed E-state index contributed by atoms with van der Waals surface area (Å²) < 4.78 is 24.4. The van der Waals surface area contributed by atoms with E-state index in [1.165, 1.54) is 18.6 Å². The normalized spacial score (nSPS) is 21.4. The Morgan fingerprint density at radius 1 is 1.12 bits per heavy atom. The van der Waals surface area contributed by atoms with Gasteiger partial charge in [0.05, 0.1) is 32.5 Å². The number of likely N-dealkylation sites (tertiary alicyclic amines) is 1. The molecule has 0 radical (unpaired) electrons. The molecule has 2 heterocycles. The van der Waals surface area contributed by atoms with Crippen LogP contribution in [0.2, 0.25) is 0 Å². The number of hydrogen-bond donors (Lipinski definition) is 0. The molecule has 2 aliphatic rings. The summed E-state index contributed by atoms with van der Waals surface area (Å²) in [5.41, 5.74) is 2.44. The molecule has 32 heavy (non-hydrogen) atoms. The molecule has 0 aliphatic carbocycles. The van der Waals surface area contributed by atoms with Gasteiger partial charge < -0.3 is 9.47 Å². The van der Waals surface area contributed by atoms with Crippen molar-refractivity contribution in [2.24, 2.45) is 5.10 Å². The zero-order chi connectivity index (χ0) is 22.7. The smallest absolute Gasteiger partial charge is 0.257 e. The molecule has 2 aromatic carbocycles. The number of amides is 1. The van der Waals surface area contributed by atoms with Crippen LogP contribution in [0.5, 0.6) is 11.5 Å². The van der Waals surface area contributed by atoms with Crippen LogP contribution in [0.25, 0.3) is 0 Å². The molecular weight excluding hydrogens is 409 g/mol. The van der Waals surface area contributed by atoms with Crippen molar-refractivity contribution in [3.05, 3.63) is 59.4 Å². The van der Waals surface area contributed by atoms with Crippen molar-refractivity contribution >= 4 is 11.6 Å². The van der Waals surface area contributed by atoms with Gasteiger partial charge in [-0.2, -0.15) is 5.10 Å². The summed E-state index contributed by atoms with van der Waals surface area (Å²) in [6, 6.07) is 12.0. The number of nitrogens with zero attached hydrogens (tertiary/aromatic N) is 3. The highest BCUT2D eigenvalue weighted by Gasteiger charge is 2.35. The van der Waals surface area contributed by atoms with Crippen molar-refractivity contribution in [1.29, 1.82) is 0 Å². The summed E-state index contributed by atoms with van der Waals surface area (Å²) in [5.74, 6) is 0.978. The lowest BCUT2D eigenvalue weighted by molar-refractivity contribution is -0.135. The van der Waals surface area contributed by atoms with Crippen molar-refractivity contribution in [3.8, 4) is 11.5 Å². The van der Waals surface area contributed by atoms with E-state index < -0.39 is 0 Å². The monoisotopic (exact) mass is 439 g/mol. The van der Waals surface area contributed by atoms with E-state index in [4.69, 9.17) is 14.6 Å². The molecule has 2 aromatic rings. The maximum atomic E-state index is 13.5. The van der Waals surface area contributed by atoms with Gasteiger partial charge >= 0.3 is 0 Å². The van der Waals surface area contributed by atoms with Crippen LogP contribution >= 0.6 is 0 Å². The van der Waals surface area contributed by atoms with Crippen LogP contribution in [0.1, 0.15) is 49.8 Å². The Morgan fingerprint density at radius 3 is 2.59 bits per heavy atom. The third-order valence-electron chi connectivity index (χ3n) is 6.42. The number of halogens is 1. The fourth-order valence-electron chi connectivity index (χ4n) is 4.52. The maximum absolute atomic E-state index is 13.5. The van der Waals surface area contributed by atoms with Gasteiger partial charge in [-0.1, -0.05) is 18.6 Å². The minimum Gasteiger partial charge on any atom is -0.497 e. The van der Waals surface area contributed by atoms with Crippen LogP contribution in [-0.2, 0) is 4.79 Å². The number of carbonyl (C=O) groups is 1.